The van der Waals surface area contributed by atoms with Crippen molar-refractivity contribution in [1.82, 2.24) is 0 Å². The maximum absolute atomic E-state index is 9.93. The van der Waals surface area contributed by atoms with Crippen LogP contribution >= 0.6 is 11.8 Å². The highest BCUT2D eigenvalue weighted by Gasteiger charge is 2.06. The summed E-state index contributed by atoms with van der Waals surface area (Å²) in [6.45, 7) is 2.29. The molecule has 0 radical (unpaired) electrons. The Labute approximate surface area is 129 Å². The van der Waals surface area contributed by atoms with Crippen molar-refractivity contribution < 1.29 is 9.84 Å². The minimum Gasteiger partial charge on any atom is -0.491 e. The van der Waals surface area contributed by atoms with Gasteiger partial charge in [0, 0.05) is 10.6 Å². The highest BCUT2D eigenvalue weighted by atomic mass is 32.2. The SMILES string of the molecule is Cc1ccc(SCC(O)COc2ccc(C#N)cc2)cc1. The summed E-state index contributed by atoms with van der Waals surface area (Å²) in [5.74, 6) is 1.24. The number of nitriles is 1. The van der Waals surface area contributed by atoms with Crippen molar-refractivity contribution in [2.45, 2.75) is 17.9 Å². The molecule has 21 heavy (non-hydrogen) atoms. The first-order valence-electron chi connectivity index (χ1n) is 6.68. The topological polar surface area (TPSA) is 53.2 Å². The normalized spacial score (nSPS) is 11.7. The summed E-state index contributed by atoms with van der Waals surface area (Å²) in [6, 6.07) is 17.1. The van der Waals surface area contributed by atoms with E-state index in [0.717, 1.165) is 4.90 Å². The number of ether oxygens (including phenoxy) is 1. The molecule has 108 valence electrons. The zero-order valence-corrected chi connectivity index (χ0v) is 12.6. The number of aryl methyl sites for hydroxylation is 1. The van der Waals surface area contributed by atoms with Crippen molar-refractivity contribution in [3.05, 3.63) is 59.7 Å². The molecule has 0 aliphatic heterocycles. The van der Waals surface area contributed by atoms with Gasteiger partial charge in [0.1, 0.15) is 12.4 Å². The van der Waals surface area contributed by atoms with Gasteiger partial charge in [-0.15, -0.1) is 11.8 Å². The third-order valence-corrected chi connectivity index (χ3v) is 4.05. The lowest BCUT2D eigenvalue weighted by Crippen LogP contribution is -2.20. The molecule has 2 aromatic carbocycles. The van der Waals surface area contributed by atoms with Crippen LogP contribution in [0.5, 0.6) is 5.75 Å². The molecule has 3 nitrogen and oxygen atoms in total. The van der Waals surface area contributed by atoms with Crippen LogP contribution in [-0.4, -0.2) is 23.6 Å². The number of hydrogen-bond donors (Lipinski definition) is 1. The lowest BCUT2D eigenvalue weighted by atomic mass is 10.2. The Kier molecular flexibility index (Phi) is 5.68. The smallest absolute Gasteiger partial charge is 0.119 e. The predicted molar refractivity (Wildman–Crippen MR) is 84.6 cm³/mol. The van der Waals surface area contributed by atoms with Crippen LogP contribution in [0.2, 0.25) is 0 Å². The summed E-state index contributed by atoms with van der Waals surface area (Å²) < 4.78 is 5.50. The molecule has 0 aliphatic rings. The van der Waals surface area contributed by atoms with Crippen molar-refractivity contribution in [3.8, 4) is 11.8 Å². The fourth-order valence-electron chi connectivity index (χ4n) is 1.69. The third kappa shape index (κ3) is 5.14. The summed E-state index contributed by atoms with van der Waals surface area (Å²) in [7, 11) is 0. The molecule has 0 fully saturated rings. The average Bonchev–Trinajstić information content (AvgIpc) is 2.53. The van der Waals surface area contributed by atoms with Gasteiger partial charge in [-0.3, -0.25) is 0 Å². The second-order valence-corrected chi connectivity index (χ2v) is 5.82. The monoisotopic (exact) mass is 299 g/mol. The number of hydrogen-bond acceptors (Lipinski definition) is 4. The lowest BCUT2D eigenvalue weighted by Gasteiger charge is -2.12. The van der Waals surface area contributed by atoms with E-state index in [9.17, 15) is 5.11 Å². The van der Waals surface area contributed by atoms with Gasteiger partial charge in [0.05, 0.1) is 17.7 Å². The minimum absolute atomic E-state index is 0.241. The van der Waals surface area contributed by atoms with Crippen molar-refractivity contribution >= 4 is 11.8 Å². The number of benzene rings is 2. The van der Waals surface area contributed by atoms with Crippen LogP contribution in [0.15, 0.2) is 53.4 Å². The Morgan fingerprint density at radius 2 is 1.81 bits per heavy atom. The maximum Gasteiger partial charge on any atom is 0.119 e. The first kappa shape index (κ1) is 15.4. The Morgan fingerprint density at radius 1 is 1.14 bits per heavy atom. The van der Waals surface area contributed by atoms with E-state index in [2.05, 4.69) is 25.1 Å². The van der Waals surface area contributed by atoms with Crippen molar-refractivity contribution in [2.24, 2.45) is 0 Å². The van der Waals surface area contributed by atoms with Gasteiger partial charge < -0.3 is 9.84 Å². The summed E-state index contributed by atoms with van der Waals surface area (Å²) in [4.78, 5) is 1.14. The van der Waals surface area contributed by atoms with E-state index in [1.165, 1.54) is 5.56 Å². The van der Waals surface area contributed by atoms with Crippen molar-refractivity contribution in [1.29, 1.82) is 5.26 Å². The lowest BCUT2D eigenvalue weighted by molar-refractivity contribution is 0.126. The minimum atomic E-state index is -0.535. The summed E-state index contributed by atoms with van der Waals surface area (Å²) in [5, 5.41) is 18.6. The van der Waals surface area contributed by atoms with Gasteiger partial charge in [0.2, 0.25) is 0 Å². The predicted octanol–water partition coefficient (Wildman–Crippen LogP) is 3.40. The molecule has 1 unspecified atom stereocenters. The number of rotatable bonds is 6. The average molecular weight is 299 g/mol. The van der Waals surface area contributed by atoms with Crippen molar-refractivity contribution in [3.63, 3.8) is 0 Å². The molecule has 4 heteroatoms. The third-order valence-electron chi connectivity index (χ3n) is 2.89. The van der Waals surface area contributed by atoms with Crippen LogP contribution < -0.4 is 4.74 Å². The Balaban J connectivity index is 1.75. The van der Waals surface area contributed by atoms with E-state index in [4.69, 9.17) is 10.00 Å². The van der Waals surface area contributed by atoms with Gasteiger partial charge in [0.25, 0.3) is 0 Å². The molecular weight excluding hydrogens is 282 g/mol. The number of aliphatic hydroxyl groups is 1. The molecule has 0 aromatic heterocycles. The van der Waals surface area contributed by atoms with Gasteiger partial charge in [0.15, 0.2) is 0 Å². The fourth-order valence-corrected chi connectivity index (χ4v) is 2.50. The van der Waals surface area contributed by atoms with Gasteiger partial charge >= 0.3 is 0 Å². The molecule has 0 aliphatic carbocycles. The quantitative estimate of drug-likeness (QED) is 0.831. The molecule has 2 rings (SSSR count). The van der Waals surface area contributed by atoms with Crippen LogP contribution in [0.25, 0.3) is 0 Å². The van der Waals surface area contributed by atoms with Gasteiger partial charge in [-0.25, -0.2) is 0 Å². The Hall–Kier alpha value is -1.96. The highest BCUT2D eigenvalue weighted by Crippen LogP contribution is 2.19. The van der Waals surface area contributed by atoms with E-state index in [1.54, 1.807) is 36.0 Å². The van der Waals surface area contributed by atoms with Crippen LogP contribution in [0.3, 0.4) is 0 Å². The van der Waals surface area contributed by atoms with Gasteiger partial charge in [-0.2, -0.15) is 5.26 Å². The molecule has 2 aromatic rings. The second-order valence-electron chi connectivity index (χ2n) is 4.73. The van der Waals surface area contributed by atoms with E-state index in [-0.39, 0.29) is 6.61 Å². The van der Waals surface area contributed by atoms with Crippen LogP contribution in [0, 0.1) is 18.3 Å². The largest absolute Gasteiger partial charge is 0.491 e. The molecule has 0 saturated carbocycles. The molecule has 0 heterocycles. The highest BCUT2D eigenvalue weighted by molar-refractivity contribution is 7.99. The molecule has 0 saturated heterocycles. The number of thioether (sulfide) groups is 1. The molecule has 1 N–H and O–H groups in total. The molecule has 0 spiro atoms. The van der Waals surface area contributed by atoms with Crippen LogP contribution in [0.4, 0.5) is 0 Å². The summed E-state index contributed by atoms with van der Waals surface area (Å²) in [6.07, 6.45) is -0.535. The Bertz CT molecular complexity index is 602. The van der Waals surface area contributed by atoms with E-state index >= 15 is 0 Å². The molecule has 0 bridgehead atoms. The van der Waals surface area contributed by atoms with E-state index in [0.29, 0.717) is 17.1 Å². The zero-order chi connectivity index (χ0) is 15.1. The molecule has 0 amide bonds. The van der Waals surface area contributed by atoms with Gasteiger partial charge in [-0.05, 0) is 43.3 Å². The van der Waals surface area contributed by atoms with Crippen molar-refractivity contribution in [2.75, 3.05) is 12.4 Å². The Morgan fingerprint density at radius 3 is 2.43 bits per heavy atom. The standard InChI is InChI=1S/C17H17NO2S/c1-13-2-8-17(9-3-13)21-12-15(19)11-20-16-6-4-14(10-18)5-7-16/h2-9,15,19H,11-12H2,1H3. The van der Waals surface area contributed by atoms with Gasteiger partial charge in [-0.1, -0.05) is 17.7 Å². The van der Waals surface area contributed by atoms with E-state index in [1.807, 2.05) is 12.1 Å². The zero-order valence-electron chi connectivity index (χ0n) is 11.8. The number of nitrogens with zero attached hydrogens (tertiary/aromatic N) is 1. The fraction of sp³-hybridized carbons (Fsp3) is 0.235. The first-order valence-corrected chi connectivity index (χ1v) is 7.66. The summed E-state index contributed by atoms with van der Waals surface area (Å²) in [5.41, 5.74) is 1.82. The first-order chi connectivity index (χ1) is 10.2. The van der Waals surface area contributed by atoms with Crippen LogP contribution in [0.1, 0.15) is 11.1 Å². The van der Waals surface area contributed by atoms with E-state index < -0.39 is 6.10 Å². The maximum atomic E-state index is 9.93. The number of aliphatic hydroxyl groups excluding tert-OH is 1. The molecule has 1 atom stereocenters. The van der Waals surface area contributed by atoms with Crippen LogP contribution in [-0.2, 0) is 0 Å². The summed E-state index contributed by atoms with van der Waals surface area (Å²) >= 11 is 1.61. The molecular formula is C17H17NO2S. The second kappa shape index (κ2) is 7.72.